The SMILES string of the molecule is Nc1ncnc2c1ncn2Cc1c(N2CCC(N)(C(=O)NC3CC3)C2)ccc(F)c1Br. The number of nitrogen functional groups attached to an aromatic ring is 1. The van der Waals surface area contributed by atoms with E-state index in [2.05, 4.69) is 36.2 Å². The van der Waals surface area contributed by atoms with Crippen molar-refractivity contribution in [2.45, 2.75) is 37.4 Å². The molecule has 1 amide bonds. The number of anilines is 2. The second kappa shape index (κ2) is 7.41. The van der Waals surface area contributed by atoms with Crippen LogP contribution in [-0.2, 0) is 11.3 Å². The van der Waals surface area contributed by atoms with Gasteiger partial charge in [-0.2, -0.15) is 0 Å². The quantitative estimate of drug-likeness (QED) is 0.496. The van der Waals surface area contributed by atoms with Gasteiger partial charge in [0.25, 0.3) is 0 Å². The van der Waals surface area contributed by atoms with Crippen LogP contribution in [0.15, 0.2) is 29.3 Å². The molecule has 31 heavy (non-hydrogen) atoms. The first-order valence-electron chi connectivity index (χ1n) is 10.1. The van der Waals surface area contributed by atoms with Gasteiger partial charge in [0.1, 0.15) is 23.2 Å². The third-order valence-corrected chi connectivity index (χ3v) is 6.79. The lowest BCUT2D eigenvalue weighted by molar-refractivity contribution is -0.125. The Morgan fingerprint density at radius 2 is 2.13 bits per heavy atom. The van der Waals surface area contributed by atoms with Crippen LogP contribution in [-0.4, -0.2) is 50.1 Å². The zero-order valence-electron chi connectivity index (χ0n) is 16.7. The van der Waals surface area contributed by atoms with E-state index in [9.17, 15) is 9.18 Å². The van der Waals surface area contributed by atoms with Crippen LogP contribution in [0.3, 0.4) is 0 Å². The number of halogens is 2. The van der Waals surface area contributed by atoms with Crippen LogP contribution in [0.25, 0.3) is 11.2 Å². The van der Waals surface area contributed by atoms with Gasteiger partial charge < -0.3 is 26.3 Å². The van der Waals surface area contributed by atoms with Crippen molar-refractivity contribution in [2.75, 3.05) is 23.7 Å². The number of aromatic nitrogens is 4. The van der Waals surface area contributed by atoms with E-state index in [1.54, 1.807) is 17.0 Å². The maximum Gasteiger partial charge on any atom is 0.242 e. The highest BCUT2D eigenvalue weighted by atomic mass is 79.9. The normalized spacial score (nSPS) is 21.1. The zero-order valence-corrected chi connectivity index (χ0v) is 18.3. The van der Waals surface area contributed by atoms with E-state index in [1.165, 1.54) is 12.4 Å². The summed E-state index contributed by atoms with van der Waals surface area (Å²) in [5, 5.41) is 3.01. The summed E-state index contributed by atoms with van der Waals surface area (Å²) in [6.07, 6.45) is 5.52. The molecule has 1 saturated heterocycles. The molecule has 11 heteroatoms. The van der Waals surface area contributed by atoms with Crippen LogP contribution in [0.5, 0.6) is 0 Å². The lowest BCUT2D eigenvalue weighted by Gasteiger charge is -2.26. The molecule has 0 radical (unpaired) electrons. The second-order valence-corrected chi connectivity index (χ2v) is 9.03. The van der Waals surface area contributed by atoms with Crippen LogP contribution in [0, 0.1) is 5.82 Å². The fourth-order valence-corrected chi connectivity index (χ4v) is 4.46. The van der Waals surface area contributed by atoms with E-state index >= 15 is 0 Å². The van der Waals surface area contributed by atoms with Crippen molar-refractivity contribution in [1.82, 2.24) is 24.8 Å². The van der Waals surface area contributed by atoms with Crippen LogP contribution >= 0.6 is 15.9 Å². The molecule has 1 aliphatic heterocycles. The van der Waals surface area contributed by atoms with E-state index in [0.717, 1.165) is 18.5 Å². The summed E-state index contributed by atoms with van der Waals surface area (Å²) < 4.78 is 16.6. The summed E-state index contributed by atoms with van der Waals surface area (Å²) in [5.74, 6) is -0.202. The first-order chi connectivity index (χ1) is 14.9. The average molecular weight is 489 g/mol. The van der Waals surface area contributed by atoms with Gasteiger partial charge in [0.05, 0.1) is 17.3 Å². The Bertz CT molecular complexity index is 1180. The van der Waals surface area contributed by atoms with Crippen LogP contribution in [0.4, 0.5) is 15.9 Å². The molecule has 3 aromatic rings. The molecular formula is C20H22BrFN8O. The maximum absolute atomic E-state index is 14.5. The number of nitrogens with zero attached hydrogens (tertiary/aromatic N) is 5. The molecule has 1 aromatic carbocycles. The number of fused-ring (bicyclic) bond motifs is 1. The topological polar surface area (TPSA) is 128 Å². The van der Waals surface area contributed by atoms with Gasteiger partial charge in [-0.3, -0.25) is 4.79 Å². The smallest absolute Gasteiger partial charge is 0.242 e. The highest BCUT2D eigenvalue weighted by Gasteiger charge is 2.43. The number of nitrogens with two attached hydrogens (primary N) is 2. The molecule has 9 nitrogen and oxygen atoms in total. The van der Waals surface area contributed by atoms with Gasteiger partial charge in [0.15, 0.2) is 11.5 Å². The molecule has 162 valence electrons. The molecule has 2 aromatic heterocycles. The van der Waals surface area contributed by atoms with Gasteiger partial charge in [-0.25, -0.2) is 19.3 Å². The number of nitrogens with one attached hydrogen (secondary N) is 1. The number of benzene rings is 1. The maximum atomic E-state index is 14.5. The Hall–Kier alpha value is -2.79. The van der Waals surface area contributed by atoms with Gasteiger partial charge in [0, 0.05) is 30.4 Å². The summed E-state index contributed by atoms with van der Waals surface area (Å²) in [5.41, 5.74) is 14.0. The third kappa shape index (κ3) is 3.61. The van der Waals surface area contributed by atoms with Crippen molar-refractivity contribution >= 4 is 44.5 Å². The number of imidazole rings is 1. The molecule has 0 bridgehead atoms. The predicted molar refractivity (Wildman–Crippen MR) is 118 cm³/mol. The van der Waals surface area contributed by atoms with Gasteiger partial charge in [-0.15, -0.1) is 0 Å². The fraction of sp³-hybridized carbons (Fsp3) is 0.400. The van der Waals surface area contributed by atoms with Gasteiger partial charge >= 0.3 is 0 Å². The number of rotatable bonds is 5. The molecule has 1 saturated carbocycles. The minimum atomic E-state index is -0.968. The molecule has 1 aliphatic carbocycles. The Balaban J connectivity index is 1.47. The first-order valence-corrected chi connectivity index (χ1v) is 10.9. The summed E-state index contributed by atoms with van der Waals surface area (Å²) in [4.78, 5) is 27.2. The minimum Gasteiger partial charge on any atom is -0.382 e. The highest BCUT2D eigenvalue weighted by Crippen LogP contribution is 2.35. The molecule has 2 aliphatic rings. The van der Waals surface area contributed by atoms with Gasteiger partial charge in [-0.05, 0) is 47.3 Å². The Labute approximate surface area is 186 Å². The summed E-state index contributed by atoms with van der Waals surface area (Å²) in [6, 6.07) is 3.39. The molecule has 5 rings (SSSR count). The number of carbonyl (C=O) groups is 1. The summed E-state index contributed by atoms with van der Waals surface area (Å²) in [7, 11) is 0. The second-order valence-electron chi connectivity index (χ2n) is 8.24. The number of amides is 1. The molecule has 5 N–H and O–H groups in total. The molecule has 3 heterocycles. The Kier molecular flexibility index (Phi) is 4.82. The van der Waals surface area contributed by atoms with Crippen molar-refractivity contribution in [1.29, 1.82) is 0 Å². The molecule has 0 spiro atoms. The van der Waals surface area contributed by atoms with Crippen molar-refractivity contribution in [3.8, 4) is 0 Å². The monoisotopic (exact) mass is 488 g/mol. The minimum absolute atomic E-state index is 0.118. The summed E-state index contributed by atoms with van der Waals surface area (Å²) in [6.45, 7) is 1.26. The number of hydrogen-bond acceptors (Lipinski definition) is 7. The van der Waals surface area contributed by atoms with E-state index in [4.69, 9.17) is 11.5 Å². The third-order valence-electron chi connectivity index (χ3n) is 5.94. The van der Waals surface area contributed by atoms with Gasteiger partial charge in [-0.1, -0.05) is 0 Å². The van der Waals surface area contributed by atoms with Crippen LogP contribution in [0.1, 0.15) is 24.8 Å². The van der Waals surface area contributed by atoms with Crippen molar-refractivity contribution in [3.05, 3.63) is 40.6 Å². The standard InChI is InChI=1S/C20H22BrFN8O/c21-15-12(7-30-10-27-16-17(23)25-9-26-18(16)30)14(4-3-13(15)22)29-6-5-20(24,8-29)19(31)28-11-1-2-11/h3-4,9-11H,1-2,5-8,24H2,(H,28,31)(H2,23,25,26). The lowest BCUT2D eigenvalue weighted by atomic mass is 9.99. The van der Waals surface area contributed by atoms with E-state index in [1.807, 2.05) is 4.90 Å². The predicted octanol–water partition coefficient (Wildman–Crippen LogP) is 1.54. The average Bonchev–Trinajstić information content (AvgIpc) is 3.32. The fourth-order valence-electron chi connectivity index (χ4n) is 3.99. The van der Waals surface area contributed by atoms with Crippen molar-refractivity contribution in [3.63, 3.8) is 0 Å². The molecule has 1 atom stereocenters. The van der Waals surface area contributed by atoms with Crippen molar-refractivity contribution in [2.24, 2.45) is 5.73 Å². The summed E-state index contributed by atoms with van der Waals surface area (Å²) >= 11 is 3.40. The molecular weight excluding hydrogens is 467 g/mol. The van der Waals surface area contributed by atoms with Crippen molar-refractivity contribution < 1.29 is 9.18 Å². The zero-order chi connectivity index (χ0) is 21.8. The van der Waals surface area contributed by atoms with E-state index < -0.39 is 5.54 Å². The van der Waals surface area contributed by atoms with E-state index in [0.29, 0.717) is 47.3 Å². The first kappa shape index (κ1) is 20.1. The largest absolute Gasteiger partial charge is 0.382 e. The lowest BCUT2D eigenvalue weighted by Crippen LogP contribution is -2.56. The molecule has 1 unspecified atom stereocenters. The van der Waals surface area contributed by atoms with Crippen LogP contribution < -0.4 is 21.7 Å². The highest BCUT2D eigenvalue weighted by molar-refractivity contribution is 9.10. The van der Waals surface area contributed by atoms with Crippen LogP contribution in [0.2, 0.25) is 0 Å². The van der Waals surface area contributed by atoms with Gasteiger partial charge in [0.2, 0.25) is 5.91 Å². The molecule has 2 fully saturated rings. The van der Waals surface area contributed by atoms with E-state index in [-0.39, 0.29) is 23.6 Å². The Morgan fingerprint density at radius 1 is 1.32 bits per heavy atom. The number of carbonyl (C=O) groups excluding carboxylic acids is 1. The number of hydrogen-bond donors (Lipinski definition) is 3. The Morgan fingerprint density at radius 3 is 2.90 bits per heavy atom.